The molecule has 260 valence electrons. The zero-order chi connectivity index (χ0) is 34.9. The normalized spacial score (nSPS) is 15.0. The Balaban J connectivity index is 4.53. The van der Waals surface area contributed by atoms with Crippen molar-refractivity contribution in [2.24, 2.45) is 21.2 Å². The number of amides is 2. The maximum absolute atomic E-state index is 12.5. The first kappa shape index (κ1) is 42.1. The first-order valence-electron chi connectivity index (χ1n) is 14.5. The highest BCUT2D eigenvalue weighted by molar-refractivity contribution is 7.81. The van der Waals surface area contributed by atoms with Gasteiger partial charge in [-0.2, -0.15) is 10.2 Å². The summed E-state index contributed by atoms with van der Waals surface area (Å²) in [5.41, 5.74) is -2.28. The summed E-state index contributed by atoms with van der Waals surface area (Å²) in [7, 11) is 0. The SMILES string of the molecule is CC(CNC(=O)CC(C)(C)OCCC(C)(C)OCC(=O)O)N=N/C(CNC(=O)CC(C)(C)OCCC(C)(S)OCC(=O)O)=N\N. The summed E-state index contributed by atoms with van der Waals surface area (Å²) < 4.78 is 22.2. The Morgan fingerprint density at radius 3 is 1.78 bits per heavy atom. The summed E-state index contributed by atoms with van der Waals surface area (Å²) >= 11 is 4.30. The van der Waals surface area contributed by atoms with Gasteiger partial charge in [0.25, 0.3) is 0 Å². The average Bonchev–Trinajstić information content (AvgIpc) is 2.88. The number of hydrogen-bond acceptors (Lipinski definition) is 12. The van der Waals surface area contributed by atoms with Crippen molar-refractivity contribution < 1.29 is 48.3 Å². The molecule has 0 aliphatic carbocycles. The van der Waals surface area contributed by atoms with Crippen molar-refractivity contribution in [2.75, 3.05) is 39.5 Å². The molecular weight excluding hydrogens is 612 g/mol. The van der Waals surface area contributed by atoms with Crippen LogP contribution in [-0.4, -0.2) is 107 Å². The summed E-state index contributed by atoms with van der Waals surface area (Å²) in [6.07, 6.45) is 0.847. The van der Waals surface area contributed by atoms with Gasteiger partial charge in [-0.05, 0) is 61.8 Å². The molecule has 2 atom stereocenters. The largest absolute Gasteiger partial charge is 0.480 e. The number of rotatable bonds is 23. The fourth-order valence-corrected chi connectivity index (χ4v) is 3.62. The fourth-order valence-electron chi connectivity index (χ4n) is 3.46. The third-order valence-corrected chi connectivity index (χ3v) is 6.43. The van der Waals surface area contributed by atoms with Crippen molar-refractivity contribution in [3.63, 3.8) is 0 Å². The molecule has 2 unspecified atom stereocenters. The highest BCUT2D eigenvalue weighted by Crippen LogP contribution is 2.23. The quantitative estimate of drug-likeness (QED) is 0.0176. The molecule has 17 heteroatoms. The summed E-state index contributed by atoms with van der Waals surface area (Å²) in [4.78, 5) is 45.3. The topological polar surface area (TPSA) is 233 Å². The lowest BCUT2D eigenvalue weighted by Crippen LogP contribution is -2.38. The molecule has 0 rings (SSSR count). The predicted octanol–water partition coefficient (Wildman–Crippen LogP) is 2.11. The van der Waals surface area contributed by atoms with Crippen LogP contribution in [0.1, 0.15) is 81.1 Å². The second-order valence-corrected chi connectivity index (χ2v) is 13.5. The minimum absolute atomic E-state index is 0.0139. The van der Waals surface area contributed by atoms with E-state index in [0.717, 1.165) is 0 Å². The third-order valence-electron chi connectivity index (χ3n) is 6.08. The molecule has 0 spiro atoms. The van der Waals surface area contributed by atoms with E-state index in [9.17, 15) is 19.2 Å². The molecule has 0 aliphatic heterocycles. The van der Waals surface area contributed by atoms with Crippen LogP contribution in [0.5, 0.6) is 0 Å². The van der Waals surface area contributed by atoms with E-state index in [2.05, 4.69) is 38.6 Å². The first-order valence-corrected chi connectivity index (χ1v) is 14.9. The van der Waals surface area contributed by atoms with E-state index in [4.69, 9.17) is 35.0 Å². The van der Waals surface area contributed by atoms with Crippen molar-refractivity contribution >= 4 is 42.2 Å². The van der Waals surface area contributed by atoms with Crippen molar-refractivity contribution in [3.8, 4) is 0 Å². The number of carboxylic acids is 2. The van der Waals surface area contributed by atoms with Gasteiger partial charge >= 0.3 is 11.9 Å². The van der Waals surface area contributed by atoms with Gasteiger partial charge in [0.15, 0.2) is 5.84 Å². The van der Waals surface area contributed by atoms with E-state index in [1.165, 1.54) is 0 Å². The second-order valence-electron chi connectivity index (χ2n) is 12.6. The number of azo groups is 1. The monoisotopic (exact) mass is 664 g/mol. The Bertz CT molecular complexity index is 1030. The molecule has 0 aromatic rings. The minimum atomic E-state index is -1.10. The number of carboxylic acid groups (broad SMARTS) is 2. The van der Waals surface area contributed by atoms with Crippen LogP contribution >= 0.6 is 12.6 Å². The molecule has 0 aromatic carbocycles. The maximum Gasteiger partial charge on any atom is 0.329 e. The molecule has 6 N–H and O–H groups in total. The van der Waals surface area contributed by atoms with E-state index in [1.54, 1.807) is 55.4 Å². The lowest BCUT2D eigenvalue weighted by molar-refractivity contribution is -0.150. The van der Waals surface area contributed by atoms with Crippen molar-refractivity contribution in [2.45, 2.75) is 109 Å². The Morgan fingerprint density at radius 2 is 1.27 bits per heavy atom. The van der Waals surface area contributed by atoms with Crippen molar-refractivity contribution in [1.29, 1.82) is 0 Å². The summed E-state index contributed by atoms with van der Waals surface area (Å²) in [5.74, 6) is 2.73. The lowest BCUT2D eigenvalue weighted by atomic mass is 10.0. The maximum atomic E-state index is 12.5. The van der Waals surface area contributed by atoms with Gasteiger partial charge in [0.1, 0.15) is 18.1 Å². The molecule has 0 aromatic heterocycles. The van der Waals surface area contributed by atoms with Crippen LogP contribution in [0.3, 0.4) is 0 Å². The Hall–Kier alpha value is -2.86. The fraction of sp³-hybridized carbons (Fsp3) is 0.821. The number of amidine groups is 1. The van der Waals surface area contributed by atoms with E-state index in [-0.39, 0.29) is 56.8 Å². The molecule has 45 heavy (non-hydrogen) atoms. The van der Waals surface area contributed by atoms with Crippen LogP contribution in [-0.2, 0) is 38.1 Å². The minimum Gasteiger partial charge on any atom is -0.480 e. The van der Waals surface area contributed by atoms with E-state index in [1.807, 2.05) is 0 Å². The van der Waals surface area contributed by atoms with E-state index < -0.39 is 52.9 Å². The number of nitrogens with two attached hydrogens (primary N) is 1. The molecule has 0 radical (unpaired) electrons. The van der Waals surface area contributed by atoms with E-state index in [0.29, 0.717) is 12.8 Å². The van der Waals surface area contributed by atoms with Gasteiger partial charge in [-0.25, -0.2) is 9.59 Å². The predicted molar refractivity (Wildman–Crippen MR) is 169 cm³/mol. The highest BCUT2D eigenvalue weighted by Gasteiger charge is 2.27. The number of nitrogens with one attached hydrogen (secondary N) is 2. The molecule has 0 bridgehead atoms. The number of ether oxygens (including phenoxy) is 4. The number of nitrogens with zero attached hydrogens (tertiary/aromatic N) is 3. The van der Waals surface area contributed by atoms with Crippen LogP contribution < -0.4 is 16.5 Å². The van der Waals surface area contributed by atoms with Crippen LogP contribution in [0.25, 0.3) is 0 Å². The number of thiol groups is 1. The van der Waals surface area contributed by atoms with Gasteiger partial charge in [0, 0.05) is 13.0 Å². The van der Waals surface area contributed by atoms with Crippen LogP contribution in [0.2, 0.25) is 0 Å². The number of hydrogen-bond donors (Lipinski definition) is 6. The molecule has 0 fully saturated rings. The van der Waals surface area contributed by atoms with Crippen molar-refractivity contribution in [1.82, 2.24) is 10.6 Å². The van der Waals surface area contributed by atoms with Gasteiger partial charge in [-0.15, -0.1) is 17.7 Å². The summed E-state index contributed by atoms with van der Waals surface area (Å²) in [5, 5.41) is 34.6. The zero-order valence-corrected chi connectivity index (χ0v) is 28.6. The van der Waals surface area contributed by atoms with Crippen LogP contribution in [0.15, 0.2) is 15.3 Å². The van der Waals surface area contributed by atoms with Gasteiger partial charge in [-0.3, -0.25) is 9.59 Å². The lowest BCUT2D eigenvalue weighted by Gasteiger charge is -2.29. The Morgan fingerprint density at radius 1 is 0.778 bits per heavy atom. The number of carbonyl (C=O) groups excluding carboxylic acids is 2. The molecule has 0 saturated carbocycles. The van der Waals surface area contributed by atoms with Crippen LogP contribution in [0.4, 0.5) is 0 Å². The number of carbonyl (C=O) groups is 4. The van der Waals surface area contributed by atoms with Gasteiger partial charge < -0.3 is 45.6 Å². The second kappa shape index (κ2) is 19.6. The molecule has 16 nitrogen and oxygen atoms in total. The highest BCUT2D eigenvalue weighted by atomic mass is 32.1. The molecule has 0 aliphatic rings. The Labute approximate surface area is 270 Å². The molecule has 0 heterocycles. The Kier molecular flexibility index (Phi) is 18.4. The third kappa shape index (κ3) is 23.2. The number of hydrazone groups is 1. The first-order chi connectivity index (χ1) is 20.6. The standard InChI is InChI=1S/C28H52N6O10S/c1-19(15-30-21(35)13-26(4,5)41-11-9-25(2,3)43-17-23(37)38)33-34-20(32-29)16-31-22(36)14-27(6,7)42-12-10-28(8,45)44-18-24(39)40/h19,45H,9-18,29H2,1-8H3,(H,30,35)(H,31,36)(H,37,38)(H,39,40)/b32-20-,34-33?. The smallest absolute Gasteiger partial charge is 0.329 e. The molecular formula is C28H52N6O10S. The van der Waals surface area contributed by atoms with Gasteiger partial charge in [-0.1, -0.05) is 0 Å². The van der Waals surface area contributed by atoms with Crippen LogP contribution in [0, 0.1) is 0 Å². The zero-order valence-electron chi connectivity index (χ0n) is 27.7. The average molecular weight is 665 g/mol. The van der Waals surface area contributed by atoms with E-state index >= 15 is 0 Å². The molecule has 0 saturated heterocycles. The van der Waals surface area contributed by atoms with Gasteiger partial charge in [0.2, 0.25) is 11.8 Å². The van der Waals surface area contributed by atoms with Crippen molar-refractivity contribution in [3.05, 3.63) is 0 Å². The van der Waals surface area contributed by atoms with Gasteiger partial charge in [0.05, 0.1) is 55.4 Å². The number of aliphatic carboxylic acids is 2. The summed E-state index contributed by atoms with van der Waals surface area (Å²) in [6, 6.07) is -0.415. The molecule has 2 amide bonds. The summed E-state index contributed by atoms with van der Waals surface area (Å²) in [6.45, 7) is 13.7.